The maximum Gasteiger partial charge on any atom is 0.508 e. The highest BCUT2D eigenvalue weighted by Crippen LogP contribution is 2.70. The van der Waals surface area contributed by atoms with Crippen LogP contribution in [0.2, 0.25) is 0 Å². The molecule has 0 bridgehead atoms. The van der Waals surface area contributed by atoms with Crippen LogP contribution < -0.4 is 5.32 Å². The maximum absolute atomic E-state index is 17.5. The Kier molecular flexibility index (Phi) is 15.3. The fourth-order valence-corrected chi connectivity index (χ4v) is 9.34. The number of aliphatic hydroxyl groups is 2. The van der Waals surface area contributed by atoms with Crippen molar-refractivity contribution >= 4 is 29.6 Å². The van der Waals surface area contributed by atoms with Gasteiger partial charge in [-0.25, -0.2) is 14.0 Å². The standard InChI is InChI=1S/C36H54FN3O16/c1-22-17-26-25-11-10-23-18-24(41)12-13-33(23,2)35(25,37)28(42)19-34(26,3)36(22,47)29(43)21-54-32(46)53-20-27(31(45)52-14-7-8-16-56-40(50)51)38-30(44)9-5-4-6-15-55-39(48)49/h12-13,18,22,25-28,42,47-51H,4-11,14-17,19-21H2,1-3H3,(H,38,44)/t22-,25+,26+,27?,28+,33+,34+,35+,36+/m1/s1. The third-order valence-electron chi connectivity index (χ3n) is 12.2. The molecule has 19 nitrogen and oxygen atoms in total. The van der Waals surface area contributed by atoms with E-state index < -0.39 is 99.8 Å². The molecule has 0 saturated heterocycles. The summed E-state index contributed by atoms with van der Waals surface area (Å²) < 4.78 is 32.8. The smallest absolute Gasteiger partial charge is 0.464 e. The van der Waals surface area contributed by atoms with E-state index in [0.717, 1.165) is 0 Å². The molecule has 1 unspecified atom stereocenters. The first-order chi connectivity index (χ1) is 26.3. The number of ether oxygens (including phenoxy) is 3. The predicted molar refractivity (Wildman–Crippen MR) is 183 cm³/mol. The van der Waals surface area contributed by atoms with Crippen LogP contribution in [0.1, 0.15) is 85.0 Å². The van der Waals surface area contributed by atoms with Crippen molar-refractivity contribution in [3.8, 4) is 0 Å². The summed E-state index contributed by atoms with van der Waals surface area (Å²) in [5.74, 6) is -4.74. The lowest BCUT2D eigenvalue weighted by Gasteiger charge is -2.62. The van der Waals surface area contributed by atoms with E-state index in [1.165, 1.54) is 18.2 Å². The van der Waals surface area contributed by atoms with Gasteiger partial charge in [0.05, 0.1) is 36.7 Å². The normalized spacial score (nSPS) is 32.6. The van der Waals surface area contributed by atoms with Crippen molar-refractivity contribution in [1.29, 1.82) is 0 Å². The second-order valence-electron chi connectivity index (χ2n) is 15.4. The number of Topliss-reactive ketones (excluding diaryl/α,β-unsaturated/α-hetero) is 1. The van der Waals surface area contributed by atoms with Crippen molar-refractivity contribution in [2.24, 2.45) is 28.6 Å². The van der Waals surface area contributed by atoms with E-state index in [-0.39, 0.29) is 57.7 Å². The number of ketones is 2. The fourth-order valence-electron chi connectivity index (χ4n) is 9.34. The molecule has 9 atom stereocenters. The number of fused-ring (bicyclic) bond motifs is 5. The maximum atomic E-state index is 17.5. The van der Waals surface area contributed by atoms with Crippen molar-refractivity contribution in [2.75, 3.05) is 33.0 Å². The van der Waals surface area contributed by atoms with Gasteiger partial charge in [-0.1, -0.05) is 31.9 Å². The lowest BCUT2D eigenvalue weighted by Crippen LogP contribution is -2.69. The number of aliphatic hydroxyl groups excluding tert-OH is 1. The third kappa shape index (κ3) is 9.46. The average Bonchev–Trinajstić information content (AvgIpc) is 3.33. The van der Waals surface area contributed by atoms with Gasteiger partial charge in [0.1, 0.15) is 12.2 Å². The number of hydrogen-bond acceptors (Lipinski definition) is 18. The highest BCUT2D eigenvalue weighted by Gasteiger charge is 2.75. The number of hydrogen-bond donors (Lipinski definition) is 7. The summed E-state index contributed by atoms with van der Waals surface area (Å²) in [5, 5.41) is 59.5. The van der Waals surface area contributed by atoms with Crippen LogP contribution in [0.3, 0.4) is 0 Å². The van der Waals surface area contributed by atoms with Crippen LogP contribution in [0.5, 0.6) is 0 Å². The number of rotatable bonds is 20. The largest absolute Gasteiger partial charge is 0.508 e. The molecule has 0 aliphatic heterocycles. The van der Waals surface area contributed by atoms with E-state index >= 15 is 4.39 Å². The van der Waals surface area contributed by atoms with Crippen molar-refractivity contribution in [1.82, 2.24) is 16.1 Å². The molecular formula is C36H54FN3O16. The Bertz CT molecular complexity index is 1510. The molecule has 0 radical (unpaired) electrons. The van der Waals surface area contributed by atoms with Crippen molar-refractivity contribution in [3.05, 3.63) is 23.8 Å². The molecule has 0 heterocycles. The average molecular weight is 804 g/mol. The molecule has 4 aliphatic carbocycles. The molecule has 4 aliphatic rings. The molecule has 3 fully saturated rings. The van der Waals surface area contributed by atoms with Crippen LogP contribution in [-0.4, -0.2) is 128 Å². The van der Waals surface area contributed by atoms with E-state index in [2.05, 4.69) is 15.0 Å². The Balaban J connectivity index is 1.35. The Morgan fingerprint density at radius 2 is 1.59 bits per heavy atom. The zero-order valence-electron chi connectivity index (χ0n) is 31.8. The number of allylic oxidation sites excluding steroid dienone is 4. The first-order valence-electron chi connectivity index (χ1n) is 18.7. The van der Waals surface area contributed by atoms with Gasteiger partial charge < -0.3 is 29.7 Å². The van der Waals surface area contributed by atoms with Crippen molar-refractivity contribution < 1.29 is 83.3 Å². The summed E-state index contributed by atoms with van der Waals surface area (Å²) in [7, 11) is 0. The summed E-state index contributed by atoms with van der Waals surface area (Å²) in [6, 6.07) is -1.50. The molecule has 56 heavy (non-hydrogen) atoms. The number of unbranched alkanes of at least 4 members (excludes halogenated alkanes) is 3. The van der Waals surface area contributed by atoms with Crippen LogP contribution >= 0.6 is 0 Å². The molecule has 4 rings (SSSR count). The summed E-state index contributed by atoms with van der Waals surface area (Å²) in [4.78, 5) is 73.0. The molecule has 0 spiro atoms. The summed E-state index contributed by atoms with van der Waals surface area (Å²) in [6.45, 7) is 2.93. The van der Waals surface area contributed by atoms with E-state index in [1.54, 1.807) is 20.8 Å². The monoisotopic (exact) mass is 803 g/mol. The molecule has 0 aromatic heterocycles. The highest BCUT2D eigenvalue weighted by atomic mass is 19.1. The third-order valence-corrected chi connectivity index (χ3v) is 12.2. The Morgan fingerprint density at radius 3 is 2.25 bits per heavy atom. The second kappa shape index (κ2) is 18.9. The number of amides is 1. The highest BCUT2D eigenvalue weighted by molar-refractivity contribution is 6.01. The van der Waals surface area contributed by atoms with Gasteiger partial charge in [0.2, 0.25) is 11.7 Å². The number of carbonyl (C=O) groups is 5. The van der Waals surface area contributed by atoms with E-state index in [4.69, 9.17) is 35.0 Å². The van der Waals surface area contributed by atoms with Crippen molar-refractivity contribution in [3.63, 3.8) is 0 Å². The number of halogens is 1. The molecule has 316 valence electrons. The fraction of sp³-hybridized carbons (Fsp3) is 0.750. The SMILES string of the molecule is C[C@@H]1C[C@H]2[C@@H]3CCC4=CC(=O)C=C[C@]4(C)[C@@]3(F)[C@@H](O)C[C@]2(C)[C@@]1(O)C(=O)COC(=O)OCC(NC(=O)CCCCCON(O)O)C(=O)OCCCCON(O)O. The predicted octanol–water partition coefficient (Wildman–Crippen LogP) is 2.45. The van der Waals surface area contributed by atoms with Crippen LogP contribution in [0.15, 0.2) is 23.8 Å². The molecule has 0 aromatic carbocycles. The minimum absolute atomic E-state index is 0.0292. The lowest BCUT2D eigenvalue weighted by molar-refractivity contribution is -0.492. The summed E-state index contributed by atoms with van der Waals surface area (Å²) in [6.07, 6.45) is 3.47. The van der Waals surface area contributed by atoms with Gasteiger partial charge in [0.15, 0.2) is 24.1 Å². The Morgan fingerprint density at radius 1 is 0.946 bits per heavy atom. The zero-order chi connectivity index (χ0) is 41.5. The van der Waals surface area contributed by atoms with Crippen LogP contribution in [0, 0.1) is 28.6 Å². The molecule has 20 heteroatoms. The molecular weight excluding hydrogens is 749 g/mol. The van der Waals surface area contributed by atoms with Gasteiger partial charge in [0, 0.05) is 23.2 Å². The van der Waals surface area contributed by atoms with Gasteiger partial charge >= 0.3 is 12.1 Å². The molecule has 7 N–H and O–H groups in total. The first-order valence-corrected chi connectivity index (χ1v) is 18.7. The van der Waals surface area contributed by atoms with Gasteiger partial charge in [-0.2, -0.15) is 0 Å². The Labute approximate surface area is 322 Å². The number of nitrogens with one attached hydrogen (secondary N) is 1. The quantitative estimate of drug-likeness (QED) is 0.0529. The first kappa shape index (κ1) is 45.3. The molecule has 0 aromatic rings. The van der Waals surface area contributed by atoms with Crippen LogP contribution in [0.4, 0.5) is 9.18 Å². The van der Waals surface area contributed by atoms with E-state index in [9.17, 15) is 34.2 Å². The van der Waals surface area contributed by atoms with Crippen LogP contribution in [0.25, 0.3) is 0 Å². The Hall–Kier alpha value is -3.44. The molecule has 3 saturated carbocycles. The van der Waals surface area contributed by atoms with Gasteiger partial charge in [0.25, 0.3) is 0 Å². The number of esters is 1. The van der Waals surface area contributed by atoms with Gasteiger partial charge in [-0.15, -0.1) is 0 Å². The summed E-state index contributed by atoms with van der Waals surface area (Å²) in [5.41, 5.74) is -6.28. The molecule has 1 amide bonds. The second-order valence-corrected chi connectivity index (χ2v) is 15.4. The lowest BCUT2D eigenvalue weighted by atomic mass is 9.44. The zero-order valence-corrected chi connectivity index (χ0v) is 31.8. The van der Waals surface area contributed by atoms with Crippen LogP contribution in [-0.2, 0) is 43.1 Å². The van der Waals surface area contributed by atoms with E-state index in [1.807, 2.05) is 0 Å². The van der Waals surface area contributed by atoms with Gasteiger partial charge in [-0.3, -0.25) is 44.9 Å². The topological polar surface area (TPSA) is 271 Å². The number of nitrogens with zero attached hydrogens (tertiary/aromatic N) is 2. The van der Waals surface area contributed by atoms with Gasteiger partial charge in [-0.05, 0) is 82.3 Å². The number of carbonyl (C=O) groups excluding carboxylic acids is 5. The van der Waals surface area contributed by atoms with E-state index in [0.29, 0.717) is 37.7 Å². The summed E-state index contributed by atoms with van der Waals surface area (Å²) >= 11 is 0. The number of alkyl halides is 1. The van der Waals surface area contributed by atoms with Crippen molar-refractivity contribution in [2.45, 2.75) is 108 Å². The minimum Gasteiger partial charge on any atom is -0.464 e. The minimum atomic E-state index is -2.17.